The van der Waals surface area contributed by atoms with Crippen LogP contribution >= 0.6 is 24.0 Å². The summed E-state index contributed by atoms with van der Waals surface area (Å²) in [6, 6.07) is 10.4. The van der Waals surface area contributed by atoms with Gasteiger partial charge in [0, 0.05) is 39.9 Å². The summed E-state index contributed by atoms with van der Waals surface area (Å²) >= 11 is 0. The van der Waals surface area contributed by atoms with E-state index >= 15 is 0 Å². The minimum Gasteiger partial charge on any atom is -0.356 e. The van der Waals surface area contributed by atoms with Gasteiger partial charge in [0.05, 0.1) is 11.9 Å². The number of carbonyl (C=O) groups excluding carboxylic acids is 1. The molecule has 1 aromatic heterocycles. The number of piperazine rings is 1. The van der Waals surface area contributed by atoms with E-state index in [9.17, 15) is 4.79 Å². The number of hydrogen-bond acceptors (Lipinski definition) is 3. The molecule has 1 amide bonds. The van der Waals surface area contributed by atoms with Gasteiger partial charge in [0.1, 0.15) is 6.54 Å². The molecule has 27 heavy (non-hydrogen) atoms. The van der Waals surface area contributed by atoms with Crippen LogP contribution in [0.15, 0.2) is 47.7 Å². The van der Waals surface area contributed by atoms with E-state index in [1.165, 1.54) is 5.56 Å². The highest BCUT2D eigenvalue weighted by molar-refractivity contribution is 14.0. The van der Waals surface area contributed by atoms with Crippen molar-refractivity contribution >= 4 is 41.5 Å². The predicted octanol–water partition coefficient (Wildman–Crippen LogP) is 2.07. The van der Waals surface area contributed by atoms with Gasteiger partial charge in [-0.05, 0) is 11.5 Å². The van der Waals surface area contributed by atoms with E-state index in [-0.39, 0.29) is 29.9 Å². The van der Waals surface area contributed by atoms with Crippen molar-refractivity contribution in [3.63, 3.8) is 0 Å². The predicted molar refractivity (Wildman–Crippen MR) is 119 cm³/mol. The lowest BCUT2D eigenvalue weighted by molar-refractivity contribution is -0.120. The van der Waals surface area contributed by atoms with Crippen LogP contribution in [-0.2, 0) is 11.8 Å². The Morgan fingerprint density at radius 1 is 1.30 bits per heavy atom. The van der Waals surface area contributed by atoms with Crippen LogP contribution in [0.5, 0.6) is 0 Å². The monoisotopic (exact) mass is 482 g/mol. The van der Waals surface area contributed by atoms with Crippen LogP contribution in [0.3, 0.4) is 0 Å². The van der Waals surface area contributed by atoms with E-state index in [1.807, 2.05) is 24.2 Å². The van der Waals surface area contributed by atoms with E-state index in [1.54, 1.807) is 22.8 Å². The van der Waals surface area contributed by atoms with Crippen LogP contribution in [0.25, 0.3) is 0 Å². The highest BCUT2D eigenvalue weighted by Gasteiger charge is 2.27. The van der Waals surface area contributed by atoms with Gasteiger partial charge in [-0.3, -0.25) is 14.5 Å². The van der Waals surface area contributed by atoms with Gasteiger partial charge < -0.3 is 15.1 Å². The van der Waals surface area contributed by atoms with Crippen molar-refractivity contribution in [3.8, 4) is 0 Å². The molecule has 1 saturated heterocycles. The molecule has 1 aromatic carbocycles. The molecular formula is C19H27IN6O. The number of guanidine groups is 1. The Morgan fingerprint density at radius 2 is 2.04 bits per heavy atom. The van der Waals surface area contributed by atoms with E-state index in [0.717, 1.165) is 24.7 Å². The van der Waals surface area contributed by atoms with Gasteiger partial charge in [0.15, 0.2) is 5.96 Å². The lowest BCUT2D eigenvalue weighted by Crippen LogP contribution is -2.55. The molecule has 8 heteroatoms. The van der Waals surface area contributed by atoms with Gasteiger partial charge in [-0.15, -0.1) is 24.0 Å². The lowest BCUT2D eigenvalue weighted by Gasteiger charge is -2.35. The molecule has 1 unspecified atom stereocenters. The fourth-order valence-corrected chi connectivity index (χ4v) is 3.15. The summed E-state index contributed by atoms with van der Waals surface area (Å²) in [5.41, 5.74) is 2.13. The van der Waals surface area contributed by atoms with Gasteiger partial charge in [0.25, 0.3) is 0 Å². The maximum Gasteiger partial charge on any atom is 0.246 e. The Balaban J connectivity index is 0.00000261. The number of rotatable bonds is 4. The summed E-state index contributed by atoms with van der Waals surface area (Å²) in [5, 5.41) is 7.55. The Labute approximate surface area is 177 Å². The maximum absolute atomic E-state index is 12.6. The minimum absolute atomic E-state index is 0. The second kappa shape index (κ2) is 9.72. The highest BCUT2D eigenvalue weighted by Crippen LogP contribution is 2.17. The van der Waals surface area contributed by atoms with Crippen LogP contribution in [0.2, 0.25) is 0 Å². The molecule has 1 aliphatic rings. The number of benzene rings is 1. The van der Waals surface area contributed by atoms with Gasteiger partial charge >= 0.3 is 0 Å². The van der Waals surface area contributed by atoms with Gasteiger partial charge in [-0.2, -0.15) is 5.10 Å². The number of nitrogens with zero attached hydrogens (tertiary/aromatic N) is 5. The average Bonchev–Trinajstić information content (AvgIpc) is 3.09. The zero-order chi connectivity index (χ0) is 18.5. The SMILES string of the molecule is CN=C(NCC(C)c1ccccc1)N1CCN(c2cnn(C)c2)C(=O)C1.I. The fourth-order valence-electron chi connectivity index (χ4n) is 3.15. The molecule has 1 aliphatic heterocycles. The molecule has 0 spiro atoms. The Hall–Kier alpha value is -2.10. The topological polar surface area (TPSA) is 65.8 Å². The van der Waals surface area contributed by atoms with Crippen molar-refractivity contribution in [2.75, 3.05) is 38.1 Å². The summed E-state index contributed by atoms with van der Waals surface area (Å²) in [5.74, 6) is 1.19. The van der Waals surface area contributed by atoms with E-state index in [2.05, 4.69) is 46.6 Å². The molecule has 1 atom stereocenters. The molecule has 0 bridgehead atoms. The second-order valence-electron chi connectivity index (χ2n) is 6.58. The molecule has 1 N–H and O–H groups in total. The molecule has 0 saturated carbocycles. The number of halogens is 1. The number of aromatic nitrogens is 2. The standard InChI is InChI=1S/C19H26N6O.HI/c1-15(16-7-5-4-6-8-16)11-21-19(20-2)24-9-10-25(18(26)14-24)17-12-22-23(3)13-17;/h4-8,12-13,15H,9-11,14H2,1-3H3,(H,20,21);1H. The average molecular weight is 482 g/mol. The first-order chi connectivity index (χ1) is 12.6. The van der Waals surface area contributed by atoms with Gasteiger partial charge in [-0.25, -0.2) is 0 Å². The molecular weight excluding hydrogens is 455 g/mol. The Kier molecular flexibility index (Phi) is 7.64. The number of aryl methyl sites for hydroxylation is 1. The summed E-state index contributed by atoms with van der Waals surface area (Å²) in [6.45, 7) is 4.63. The van der Waals surface area contributed by atoms with Crippen molar-refractivity contribution < 1.29 is 4.79 Å². The van der Waals surface area contributed by atoms with E-state index < -0.39 is 0 Å². The molecule has 0 aliphatic carbocycles. The number of amides is 1. The van der Waals surface area contributed by atoms with E-state index in [0.29, 0.717) is 19.0 Å². The third kappa shape index (κ3) is 5.21. The van der Waals surface area contributed by atoms with Crippen molar-refractivity contribution in [1.29, 1.82) is 0 Å². The van der Waals surface area contributed by atoms with Crippen molar-refractivity contribution in [2.24, 2.45) is 12.0 Å². The first-order valence-corrected chi connectivity index (χ1v) is 8.88. The first kappa shape index (κ1) is 21.2. The first-order valence-electron chi connectivity index (χ1n) is 8.88. The lowest BCUT2D eigenvalue weighted by atomic mass is 10.0. The third-order valence-corrected chi connectivity index (χ3v) is 4.67. The van der Waals surface area contributed by atoms with Crippen LogP contribution < -0.4 is 10.2 Å². The van der Waals surface area contributed by atoms with Crippen LogP contribution in [0.1, 0.15) is 18.4 Å². The summed E-state index contributed by atoms with van der Waals surface area (Å²) < 4.78 is 1.71. The highest BCUT2D eigenvalue weighted by atomic mass is 127. The molecule has 0 radical (unpaired) electrons. The van der Waals surface area contributed by atoms with Crippen molar-refractivity contribution in [2.45, 2.75) is 12.8 Å². The zero-order valence-electron chi connectivity index (χ0n) is 16.0. The largest absolute Gasteiger partial charge is 0.356 e. The van der Waals surface area contributed by atoms with Crippen LogP contribution in [-0.4, -0.2) is 59.8 Å². The minimum atomic E-state index is 0. The Morgan fingerprint density at radius 3 is 2.63 bits per heavy atom. The van der Waals surface area contributed by atoms with Gasteiger partial charge in [0.2, 0.25) is 5.91 Å². The smallest absolute Gasteiger partial charge is 0.246 e. The molecule has 1 fully saturated rings. The van der Waals surface area contributed by atoms with E-state index in [4.69, 9.17) is 0 Å². The van der Waals surface area contributed by atoms with Gasteiger partial charge in [-0.1, -0.05) is 37.3 Å². The third-order valence-electron chi connectivity index (χ3n) is 4.67. The molecule has 3 rings (SSSR count). The fraction of sp³-hybridized carbons (Fsp3) is 0.421. The molecule has 2 aromatic rings. The quantitative estimate of drug-likeness (QED) is 0.412. The summed E-state index contributed by atoms with van der Waals surface area (Å²) in [4.78, 5) is 20.7. The van der Waals surface area contributed by atoms with Crippen LogP contribution in [0.4, 0.5) is 5.69 Å². The normalized spacial score (nSPS) is 16.1. The number of aliphatic imine (C=N–C) groups is 1. The molecule has 7 nitrogen and oxygen atoms in total. The Bertz CT molecular complexity index is 776. The summed E-state index contributed by atoms with van der Waals surface area (Å²) in [6.07, 6.45) is 3.59. The zero-order valence-corrected chi connectivity index (χ0v) is 18.3. The van der Waals surface area contributed by atoms with Crippen molar-refractivity contribution in [3.05, 3.63) is 48.3 Å². The number of anilines is 1. The maximum atomic E-state index is 12.6. The number of carbonyl (C=O) groups is 1. The van der Waals surface area contributed by atoms with Crippen molar-refractivity contribution in [1.82, 2.24) is 20.0 Å². The summed E-state index contributed by atoms with van der Waals surface area (Å²) in [7, 11) is 3.61. The number of hydrogen-bond donors (Lipinski definition) is 1. The molecule has 146 valence electrons. The second-order valence-corrected chi connectivity index (χ2v) is 6.58. The molecule has 2 heterocycles. The van der Waals surface area contributed by atoms with Crippen LogP contribution in [0, 0.1) is 0 Å². The number of nitrogens with one attached hydrogen (secondary N) is 1.